The highest BCUT2D eigenvalue weighted by molar-refractivity contribution is 5.83. The van der Waals surface area contributed by atoms with Gasteiger partial charge in [0.25, 0.3) is 0 Å². The van der Waals surface area contributed by atoms with E-state index in [4.69, 9.17) is 0 Å². The third-order valence-electron chi connectivity index (χ3n) is 7.96. The van der Waals surface area contributed by atoms with Crippen molar-refractivity contribution in [3.8, 4) is 11.3 Å². The SMILES string of the molecule is CCN1C2CC[C@H]1CN(Cc1ccc(Nc3ncc(F)c(-c4cnc5nn(C)c(C(C)(C)C)c5c4)n3)nc1)C2. The fourth-order valence-corrected chi connectivity index (χ4v) is 6.41. The zero-order valence-electron chi connectivity index (χ0n) is 23.3. The van der Waals surface area contributed by atoms with Gasteiger partial charge in [0.1, 0.15) is 11.5 Å². The number of nitrogens with one attached hydrogen (secondary N) is 1. The Morgan fingerprint density at radius 3 is 2.46 bits per heavy atom. The number of piperazine rings is 1. The molecule has 0 amide bonds. The first-order valence-corrected chi connectivity index (χ1v) is 13.8. The predicted molar refractivity (Wildman–Crippen MR) is 150 cm³/mol. The van der Waals surface area contributed by atoms with Crippen LogP contribution in [0.4, 0.5) is 16.2 Å². The number of aromatic nitrogens is 6. The molecule has 0 spiro atoms. The van der Waals surface area contributed by atoms with Gasteiger partial charge in [0.15, 0.2) is 11.5 Å². The van der Waals surface area contributed by atoms with Crippen molar-refractivity contribution in [1.29, 1.82) is 0 Å². The van der Waals surface area contributed by atoms with E-state index in [1.807, 2.05) is 30.1 Å². The van der Waals surface area contributed by atoms with E-state index in [1.165, 1.54) is 24.6 Å². The minimum absolute atomic E-state index is 0.151. The zero-order valence-corrected chi connectivity index (χ0v) is 23.3. The van der Waals surface area contributed by atoms with Crippen LogP contribution in [0.1, 0.15) is 51.8 Å². The molecule has 204 valence electrons. The van der Waals surface area contributed by atoms with Crippen molar-refractivity contribution < 1.29 is 4.39 Å². The van der Waals surface area contributed by atoms with E-state index in [0.29, 0.717) is 29.1 Å². The minimum atomic E-state index is -0.511. The summed E-state index contributed by atoms with van der Waals surface area (Å²) in [4.78, 5) is 22.9. The molecule has 39 heavy (non-hydrogen) atoms. The van der Waals surface area contributed by atoms with Gasteiger partial charge >= 0.3 is 0 Å². The van der Waals surface area contributed by atoms with E-state index in [9.17, 15) is 4.39 Å². The molecule has 10 heteroatoms. The lowest BCUT2D eigenvalue weighted by Gasteiger charge is -2.40. The molecule has 6 rings (SSSR count). The molecule has 0 aliphatic carbocycles. The van der Waals surface area contributed by atoms with Crippen molar-refractivity contribution in [2.24, 2.45) is 7.05 Å². The molecule has 1 unspecified atom stereocenters. The van der Waals surface area contributed by atoms with Crippen LogP contribution in [-0.2, 0) is 19.0 Å². The van der Waals surface area contributed by atoms with Crippen LogP contribution in [0.15, 0.2) is 36.8 Å². The van der Waals surface area contributed by atoms with Crippen LogP contribution < -0.4 is 5.32 Å². The molecular weight excluding hydrogens is 493 g/mol. The lowest BCUT2D eigenvalue weighted by molar-refractivity contribution is 0.0669. The quantitative estimate of drug-likeness (QED) is 0.386. The Labute approximate surface area is 228 Å². The summed E-state index contributed by atoms with van der Waals surface area (Å²) in [6.07, 6.45) is 7.30. The summed E-state index contributed by atoms with van der Waals surface area (Å²) in [6.45, 7) is 12.9. The Bertz CT molecular complexity index is 1480. The van der Waals surface area contributed by atoms with Crippen LogP contribution in [0, 0.1) is 5.82 Å². The largest absolute Gasteiger partial charge is 0.309 e. The number of halogens is 1. The first-order valence-electron chi connectivity index (χ1n) is 13.8. The molecule has 0 aromatic carbocycles. The molecule has 2 saturated heterocycles. The summed E-state index contributed by atoms with van der Waals surface area (Å²) in [5.41, 5.74) is 3.44. The van der Waals surface area contributed by atoms with Gasteiger partial charge in [-0.05, 0) is 37.1 Å². The minimum Gasteiger partial charge on any atom is -0.309 e. The van der Waals surface area contributed by atoms with Gasteiger partial charge < -0.3 is 5.32 Å². The van der Waals surface area contributed by atoms with E-state index in [-0.39, 0.29) is 17.1 Å². The smallest absolute Gasteiger partial charge is 0.229 e. The van der Waals surface area contributed by atoms with Crippen LogP contribution in [0.3, 0.4) is 0 Å². The average Bonchev–Trinajstić information content (AvgIpc) is 3.37. The van der Waals surface area contributed by atoms with E-state index >= 15 is 0 Å². The molecule has 2 atom stereocenters. The van der Waals surface area contributed by atoms with E-state index in [0.717, 1.165) is 37.3 Å². The summed E-state index contributed by atoms with van der Waals surface area (Å²) in [6, 6.07) is 7.28. The number of nitrogens with zero attached hydrogens (tertiary/aromatic N) is 8. The van der Waals surface area contributed by atoms with Crippen molar-refractivity contribution in [3.05, 3.63) is 53.9 Å². The number of pyridine rings is 2. The average molecular weight is 530 g/mol. The number of likely N-dealkylation sites (tertiary alicyclic amines) is 1. The first-order chi connectivity index (χ1) is 18.7. The second-order valence-corrected chi connectivity index (χ2v) is 11.8. The highest BCUT2D eigenvalue weighted by atomic mass is 19.1. The lowest BCUT2D eigenvalue weighted by atomic mass is 9.89. The van der Waals surface area contributed by atoms with E-state index in [1.54, 1.807) is 6.20 Å². The standard InChI is InChI=1S/C29H36FN9/c1-6-39-20-8-9-21(39)17-38(16-20)15-18-7-10-24(31-12-18)34-28-33-14-23(30)25(35-28)19-11-22-26(29(2,3)4)37(5)36-27(22)32-13-19/h7,10-14,20-21H,6,8-9,15-17H2,1-5H3,(H,31,33,34,35)/t20-,21?/m0/s1. The van der Waals surface area contributed by atoms with E-state index in [2.05, 4.69) is 73.9 Å². The highest BCUT2D eigenvalue weighted by Crippen LogP contribution is 2.32. The maximum absolute atomic E-state index is 14.9. The Hall–Kier alpha value is -3.50. The third kappa shape index (κ3) is 4.98. The molecule has 0 radical (unpaired) electrons. The van der Waals surface area contributed by atoms with E-state index < -0.39 is 5.82 Å². The van der Waals surface area contributed by atoms with Gasteiger partial charge in [0.2, 0.25) is 5.95 Å². The second kappa shape index (κ2) is 9.91. The maximum Gasteiger partial charge on any atom is 0.229 e. The van der Waals surface area contributed by atoms with Crippen molar-refractivity contribution in [2.75, 3.05) is 25.0 Å². The molecule has 2 bridgehead atoms. The fourth-order valence-electron chi connectivity index (χ4n) is 6.41. The molecule has 2 aliphatic heterocycles. The first kappa shape index (κ1) is 25.8. The molecule has 1 N–H and O–H groups in total. The number of aryl methyl sites for hydroxylation is 1. The fraction of sp³-hybridized carbons (Fsp3) is 0.483. The third-order valence-corrected chi connectivity index (χ3v) is 7.96. The van der Waals surface area contributed by atoms with Crippen molar-refractivity contribution in [3.63, 3.8) is 0 Å². The highest BCUT2D eigenvalue weighted by Gasteiger charge is 2.38. The van der Waals surface area contributed by atoms with Gasteiger partial charge in [0.05, 0.1) is 11.9 Å². The molecule has 9 nitrogen and oxygen atoms in total. The van der Waals surface area contributed by atoms with Crippen molar-refractivity contribution >= 4 is 22.8 Å². The summed E-state index contributed by atoms with van der Waals surface area (Å²) >= 11 is 0. The van der Waals surface area contributed by atoms with Crippen molar-refractivity contribution in [1.82, 2.24) is 39.5 Å². The molecule has 6 heterocycles. The summed E-state index contributed by atoms with van der Waals surface area (Å²) in [7, 11) is 1.91. The van der Waals surface area contributed by atoms with Gasteiger partial charge in [-0.1, -0.05) is 33.8 Å². The Kier molecular flexibility index (Phi) is 6.55. The summed E-state index contributed by atoms with van der Waals surface area (Å²) in [5, 5.41) is 8.54. The Balaban J connectivity index is 1.18. The Morgan fingerprint density at radius 1 is 1.03 bits per heavy atom. The molecular formula is C29H36FN9. The zero-order chi connectivity index (χ0) is 27.3. The van der Waals surface area contributed by atoms with Gasteiger partial charge in [-0.2, -0.15) is 5.10 Å². The number of anilines is 2. The number of rotatable bonds is 6. The Morgan fingerprint density at radius 2 is 1.79 bits per heavy atom. The topological polar surface area (TPSA) is 87.9 Å². The maximum atomic E-state index is 14.9. The van der Waals surface area contributed by atoms with Crippen LogP contribution in [0.25, 0.3) is 22.3 Å². The predicted octanol–water partition coefficient (Wildman–Crippen LogP) is 4.67. The summed E-state index contributed by atoms with van der Waals surface area (Å²) in [5.74, 6) is 0.382. The number of likely N-dealkylation sites (N-methyl/N-ethyl adjacent to an activating group) is 1. The molecule has 4 aromatic heterocycles. The monoisotopic (exact) mass is 529 g/mol. The van der Waals surface area contributed by atoms with Gasteiger partial charge in [0, 0.05) is 67.5 Å². The second-order valence-electron chi connectivity index (χ2n) is 11.8. The van der Waals surface area contributed by atoms with Gasteiger partial charge in [-0.3, -0.25) is 14.5 Å². The van der Waals surface area contributed by atoms with Crippen LogP contribution in [0.5, 0.6) is 0 Å². The normalized spacial score (nSPS) is 20.2. The van der Waals surface area contributed by atoms with Crippen LogP contribution >= 0.6 is 0 Å². The number of hydrogen-bond donors (Lipinski definition) is 1. The summed E-state index contributed by atoms with van der Waals surface area (Å²) < 4.78 is 16.7. The van der Waals surface area contributed by atoms with Gasteiger partial charge in [-0.25, -0.2) is 24.3 Å². The van der Waals surface area contributed by atoms with Crippen molar-refractivity contribution in [2.45, 2.75) is 64.6 Å². The van der Waals surface area contributed by atoms with Gasteiger partial charge in [-0.15, -0.1) is 0 Å². The number of hydrogen-bond acceptors (Lipinski definition) is 8. The molecule has 0 saturated carbocycles. The lowest BCUT2D eigenvalue weighted by Crippen LogP contribution is -2.53. The molecule has 4 aromatic rings. The molecule has 2 aliphatic rings. The molecule has 2 fully saturated rings. The van der Waals surface area contributed by atoms with Crippen LogP contribution in [-0.4, -0.2) is 71.2 Å². The number of fused-ring (bicyclic) bond motifs is 3. The van der Waals surface area contributed by atoms with Crippen LogP contribution in [0.2, 0.25) is 0 Å².